The van der Waals surface area contributed by atoms with Crippen molar-refractivity contribution in [1.29, 1.82) is 0 Å². The van der Waals surface area contributed by atoms with E-state index in [2.05, 4.69) is 96.9 Å². The van der Waals surface area contributed by atoms with E-state index < -0.39 is 0 Å². The van der Waals surface area contributed by atoms with Crippen LogP contribution < -0.4 is 0 Å². The van der Waals surface area contributed by atoms with Crippen LogP contribution in [0.2, 0.25) is 0 Å². The van der Waals surface area contributed by atoms with Gasteiger partial charge in [-0.1, -0.05) is 72.7 Å². The minimum atomic E-state index is 0.0493. The predicted molar refractivity (Wildman–Crippen MR) is 143 cm³/mol. The molecule has 4 rings (SSSR count). The molecule has 6 nitrogen and oxygen atoms in total. The summed E-state index contributed by atoms with van der Waals surface area (Å²) in [4.78, 5) is 5.05. The number of hydrogen-bond donors (Lipinski definition) is 1. The van der Waals surface area contributed by atoms with E-state index in [1.807, 2.05) is 0 Å². The van der Waals surface area contributed by atoms with Gasteiger partial charge in [-0.25, -0.2) is 0 Å². The number of aromatic nitrogens is 4. The molecular formula is C29H39N5O. The average molecular weight is 474 g/mol. The first-order chi connectivity index (χ1) is 17.0. The molecule has 186 valence electrons. The van der Waals surface area contributed by atoms with E-state index in [-0.39, 0.29) is 6.10 Å². The van der Waals surface area contributed by atoms with Gasteiger partial charge in [0, 0.05) is 11.4 Å². The molecule has 3 aromatic rings. The Morgan fingerprint density at radius 3 is 2.37 bits per heavy atom. The lowest BCUT2D eigenvalue weighted by Gasteiger charge is -2.19. The van der Waals surface area contributed by atoms with Gasteiger partial charge in [-0.15, -0.1) is 10.2 Å². The molecule has 0 saturated heterocycles. The minimum absolute atomic E-state index is 0.0493. The Labute approximate surface area is 209 Å². The number of aryl methyl sites for hydroxylation is 2. The Hall–Kier alpha value is -3.12. The molecule has 1 aromatic heterocycles. The summed E-state index contributed by atoms with van der Waals surface area (Å²) in [6, 6.07) is 17.3. The molecule has 1 heterocycles. The van der Waals surface area contributed by atoms with E-state index in [1.165, 1.54) is 58.5 Å². The molecule has 0 aliphatic heterocycles. The molecule has 35 heavy (non-hydrogen) atoms. The van der Waals surface area contributed by atoms with Gasteiger partial charge in [-0.05, 0) is 82.1 Å². The number of H-pyrrole nitrogens is 1. The molecule has 0 saturated carbocycles. The van der Waals surface area contributed by atoms with Gasteiger partial charge in [-0.2, -0.15) is 5.21 Å². The molecule has 2 aromatic carbocycles. The van der Waals surface area contributed by atoms with Crippen molar-refractivity contribution in [2.24, 2.45) is 4.99 Å². The van der Waals surface area contributed by atoms with Crippen LogP contribution >= 0.6 is 0 Å². The highest BCUT2D eigenvalue weighted by Crippen LogP contribution is 2.26. The number of hydrogen-bond acceptors (Lipinski definition) is 5. The van der Waals surface area contributed by atoms with Crippen LogP contribution in [-0.4, -0.2) is 32.4 Å². The highest BCUT2D eigenvalue weighted by Gasteiger charge is 2.15. The summed E-state index contributed by atoms with van der Waals surface area (Å²) >= 11 is 0. The maximum atomic E-state index is 6.24. The van der Waals surface area contributed by atoms with E-state index >= 15 is 0 Å². The Morgan fingerprint density at radius 2 is 1.77 bits per heavy atom. The first kappa shape index (κ1) is 26.5. The van der Waals surface area contributed by atoms with Crippen LogP contribution in [0, 0.1) is 13.8 Å². The summed E-state index contributed by atoms with van der Waals surface area (Å²) in [5.41, 5.74) is 9.02. The second-order valence-electron chi connectivity index (χ2n) is 9.21. The van der Waals surface area contributed by atoms with Crippen LogP contribution in [0.25, 0.3) is 11.1 Å². The van der Waals surface area contributed by atoms with Crippen molar-refractivity contribution in [2.45, 2.75) is 85.9 Å². The molecule has 1 unspecified atom stereocenters. The molecule has 1 N–H and O–H groups in total. The fraction of sp³-hybridized carbons (Fsp3) is 0.448. The van der Waals surface area contributed by atoms with Gasteiger partial charge in [0.15, 0.2) is 5.82 Å². The summed E-state index contributed by atoms with van der Waals surface area (Å²) in [6.45, 7) is 11.2. The Balaban J connectivity index is 0.000000497. The lowest BCUT2D eigenvalue weighted by atomic mass is 9.97. The molecule has 1 aliphatic carbocycles. The molecule has 0 fully saturated rings. The Bertz CT molecular complexity index is 1100. The van der Waals surface area contributed by atoms with Crippen LogP contribution in [0.5, 0.6) is 0 Å². The third-order valence-corrected chi connectivity index (χ3v) is 6.32. The fourth-order valence-corrected chi connectivity index (χ4v) is 4.18. The number of rotatable bonds is 8. The minimum Gasteiger partial charge on any atom is -0.368 e. The van der Waals surface area contributed by atoms with E-state index in [1.54, 1.807) is 6.92 Å². The number of aromatic amines is 1. The molecular weight excluding hydrogens is 434 g/mol. The smallest absolute Gasteiger partial charge is 0.171 e. The zero-order valence-electron chi connectivity index (χ0n) is 21.8. The van der Waals surface area contributed by atoms with Gasteiger partial charge in [0.1, 0.15) is 0 Å². The van der Waals surface area contributed by atoms with Gasteiger partial charge >= 0.3 is 0 Å². The zero-order valence-corrected chi connectivity index (χ0v) is 21.8. The van der Waals surface area contributed by atoms with Crippen molar-refractivity contribution in [2.75, 3.05) is 0 Å². The van der Waals surface area contributed by atoms with Gasteiger partial charge < -0.3 is 4.74 Å². The molecule has 1 aliphatic rings. The summed E-state index contributed by atoms with van der Waals surface area (Å²) in [5, 5.41) is 12.7. The SMILES string of the molecule is CCCC(=NC1=C(C)CCCC1)C(C)OCc1ccc(-c2ccccc2C)cc1.Cc1nn[nH]n1. The van der Waals surface area contributed by atoms with E-state index in [9.17, 15) is 0 Å². The van der Waals surface area contributed by atoms with Crippen LogP contribution in [0.15, 0.2) is 64.8 Å². The van der Waals surface area contributed by atoms with E-state index in [4.69, 9.17) is 9.73 Å². The van der Waals surface area contributed by atoms with Crippen molar-refractivity contribution in [1.82, 2.24) is 20.6 Å². The van der Waals surface area contributed by atoms with Crippen molar-refractivity contribution >= 4 is 5.71 Å². The average Bonchev–Trinajstić information content (AvgIpc) is 3.35. The van der Waals surface area contributed by atoms with Crippen molar-refractivity contribution in [3.8, 4) is 11.1 Å². The number of benzene rings is 2. The largest absolute Gasteiger partial charge is 0.368 e. The van der Waals surface area contributed by atoms with Crippen molar-refractivity contribution in [3.63, 3.8) is 0 Å². The van der Waals surface area contributed by atoms with Gasteiger partial charge in [0.05, 0.1) is 12.7 Å². The van der Waals surface area contributed by atoms with Crippen LogP contribution in [-0.2, 0) is 11.3 Å². The number of nitrogens with zero attached hydrogens (tertiary/aromatic N) is 4. The summed E-state index contributed by atoms with van der Waals surface area (Å²) < 4.78 is 6.24. The summed E-state index contributed by atoms with van der Waals surface area (Å²) in [5.74, 6) is 0.676. The lowest BCUT2D eigenvalue weighted by Crippen LogP contribution is -2.21. The first-order valence-corrected chi connectivity index (χ1v) is 12.7. The molecule has 0 spiro atoms. The number of aliphatic imine (C=N–C) groups is 1. The van der Waals surface area contributed by atoms with E-state index in [0.29, 0.717) is 12.4 Å². The van der Waals surface area contributed by atoms with Gasteiger partial charge in [-0.3, -0.25) is 4.99 Å². The second kappa shape index (κ2) is 13.7. The number of tetrazole rings is 1. The monoisotopic (exact) mass is 473 g/mol. The highest BCUT2D eigenvalue weighted by atomic mass is 16.5. The Kier molecular flexibility index (Phi) is 10.4. The standard InChI is InChI=1S/C27H35NO.C2H4N4/c1-5-10-27(28-26-14-9-7-12-21(26)3)22(4)29-19-23-15-17-24(18-16-23)25-13-8-6-11-20(25)2;1-2-3-5-6-4-2/h6,8,11,13,15-18,22H,5,7,9-10,12,14,19H2,1-4H3;1H3,(H,3,4,5,6). The number of ether oxygens (including phenoxy) is 1. The van der Waals surface area contributed by atoms with Crippen LogP contribution in [0.1, 0.15) is 76.2 Å². The van der Waals surface area contributed by atoms with Crippen molar-refractivity contribution < 1.29 is 4.74 Å². The molecule has 6 heteroatoms. The normalized spacial score (nSPS) is 14.9. The first-order valence-electron chi connectivity index (χ1n) is 12.7. The molecule has 0 amide bonds. The third-order valence-electron chi connectivity index (χ3n) is 6.32. The van der Waals surface area contributed by atoms with Gasteiger partial charge in [0.25, 0.3) is 0 Å². The van der Waals surface area contributed by atoms with Crippen molar-refractivity contribution in [3.05, 3.63) is 76.8 Å². The lowest BCUT2D eigenvalue weighted by molar-refractivity contribution is 0.0947. The molecule has 0 radical (unpaired) electrons. The summed E-state index contributed by atoms with van der Waals surface area (Å²) in [7, 11) is 0. The van der Waals surface area contributed by atoms with Crippen LogP contribution in [0.4, 0.5) is 0 Å². The summed E-state index contributed by atoms with van der Waals surface area (Å²) in [6.07, 6.45) is 7.03. The topological polar surface area (TPSA) is 76.1 Å². The zero-order chi connectivity index (χ0) is 25.0. The Morgan fingerprint density at radius 1 is 1.03 bits per heavy atom. The maximum Gasteiger partial charge on any atom is 0.171 e. The number of allylic oxidation sites excluding steroid dienone is 2. The fourth-order valence-electron chi connectivity index (χ4n) is 4.18. The van der Waals surface area contributed by atoms with E-state index in [0.717, 1.165) is 19.3 Å². The number of nitrogens with one attached hydrogen (secondary N) is 1. The highest BCUT2D eigenvalue weighted by molar-refractivity contribution is 5.89. The van der Waals surface area contributed by atoms with Crippen LogP contribution in [0.3, 0.4) is 0 Å². The third kappa shape index (κ3) is 8.25. The molecule has 0 bridgehead atoms. The molecule has 1 atom stereocenters. The predicted octanol–water partition coefficient (Wildman–Crippen LogP) is 7.16. The quantitative estimate of drug-likeness (QED) is 0.352. The maximum absolute atomic E-state index is 6.24. The van der Waals surface area contributed by atoms with Gasteiger partial charge in [0.2, 0.25) is 0 Å². The second-order valence-corrected chi connectivity index (χ2v) is 9.21.